The molecule has 0 bridgehead atoms. The number of hydrogen-bond donors (Lipinski definition) is 1. The maximum atomic E-state index is 4.65. The van der Waals surface area contributed by atoms with Crippen molar-refractivity contribution >= 4 is 22.4 Å². The Balaban J connectivity index is 1.89. The van der Waals surface area contributed by atoms with Gasteiger partial charge in [-0.05, 0) is 39.2 Å². The lowest BCUT2D eigenvalue weighted by molar-refractivity contribution is 0.722. The van der Waals surface area contributed by atoms with Crippen LogP contribution in [0.15, 0.2) is 11.8 Å². The lowest BCUT2D eigenvalue weighted by atomic mass is 10.1. The van der Waals surface area contributed by atoms with Gasteiger partial charge in [-0.25, -0.2) is 4.98 Å². The van der Waals surface area contributed by atoms with E-state index in [2.05, 4.69) is 47.7 Å². The van der Waals surface area contributed by atoms with Crippen molar-refractivity contribution in [1.82, 2.24) is 14.7 Å². The summed E-state index contributed by atoms with van der Waals surface area (Å²) >= 11 is 1.76. The minimum atomic E-state index is 0.768. The van der Waals surface area contributed by atoms with Crippen LogP contribution in [-0.2, 0) is 0 Å². The molecule has 3 nitrogen and oxygen atoms in total. The molecule has 1 fully saturated rings. The molecule has 102 valence electrons. The van der Waals surface area contributed by atoms with Crippen molar-refractivity contribution in [1.29, 1.82) is 0 Å². The Bertz CT molecular complexity index is 617. The highest BCUT2D eigenvalue weighted by Crippen LogP contribution is 2.23. The van der Waals surface area contributed by atoms with Gasteiger partial charge in [-0.3, -0.25) is 4.40 Å². The molecule has 2 aromatic rings. The number of nitrogens with zero attached hydrogens (tertiary/aromatic N) is 2. The van der Waals surface area contributed by atoms with E-state index >= 15 is 0 Å². The first-order valence-corrected chi connectivity index (χ1v) is 7.87. The number of fused-ring (bicyclic) bond motifs is 1. The summed E-state index contributed by atoms with van der Waals surface area (Å²) < 4.78 is 2.22. The zero-order chi connectivity index (χ0) is 13.4. The van der Waals surface area contributed by atoms with Gasteiger partial charge in [0.15, 0.2) is 4.96 Å². The fraction of sp³-hybridized carbons (Fsp3) is 0.533. The third kappa shape index (κ3) is 2.74. The molecule has 19 heavy (non-hydrogen) atoms. The Morgan fingerprint density at radius 2 is 2.32 bits per heavy atom. The van der Waals surface area contributed by atoms with Crippen LogP contribution >= 0.6 is 11.3 Å². The van der Waals surface area contributed by atoms with Crippen LogP contribution in [0.25, 0.3) is 11.0 Å². The lowest BCUT2D eigenvalue weighted by Gasteiger charge is -2.06. The standard InChI is InChI=1S/C15H21N3S/c1-4-12(8-16-13-5-6-13)7-14-11(3)17-15-18(14)9-10(2)19-15/h7,9,13,16H,4-6,8H2,1-3H3. The second-order valence-corrected chi connectivity index (χ2v) is 6.60. The Hall–Kier alpha value is -1.13. The maximum absolute atomic E-state index is 4.65. The zero-order valence-electron chi connectivity index (χ0n) is 11.9. The van der Waals surface area contributed by atoms with Gasteiger partial charge in [0.1, 0.15) is 0 Å². The summed E-state index contributed by atoms with van der Waals surface area (Å²) in [5.41, 5.74) is 3.83. The smallest absolute Gasteiger partial charge is 0.194 e. The average molecular weight is 275 g/mol. The number of nitrogens with one attached hydrogen (secondary N) is 1. The van der Waals surface area contributed by atoms with E-state index in [4.69, 9.17) is 0 Å². The predicted molar refractivity (Wildman–Crippen MR) is 81.8 cm³/mol. The molecule has 0 spiro atoms. The Labute approximate surface area is 118 Å². The second-order valence-electron chi connectivity index (χ2n) is 5.39. The summed E-state index contributed by atoms with van der Waals surface area (Å²) in [5.74, 6) is 0. The van der Waals surface area contributed by atoms with Gasteiger partial charge in [-0.15, -0.1) is 11.3 Å². The van der Waals surface area contributed by atoms with Crippen molar-refractivity contribution in [2.24, 2.45) is 0 Å². The molecular formula is C15H21N3S. The van der Waals surface area contributed by atoms with E-state index < -0.39 is 0 Å². The quantitative estimate of drug-likeness (QED) is 0.904. The van der Waals surface area contributed by atoms with Crippen molar-refractivity contribution < 1.29 is 0 Å². The second kappa shape index (κ2) is 5.10. The average Bonchev–Trinajstić information content (AvgIpc) is 3.07. The van der Waals surface area contributed by atoms with E-state index in [9.17, 15) is 0 Å². The topological polar surface area (TPSA) is 29.3 Å². The van der Waals surface area contributed by atoms with Crippen LogP contribution in [0.4, 0.5) is 0 Å². The van der Waals surface area contributed by atoms with Gasteiger partial charge in [0.25, 0.3) is 0 Å². The van der Waals surface area contributed by atoms with E-state index in [0.29, 0.717) is 0 Å². The van der Waals surface area contributed by atoms with Gasteiger partial charge in [0, 0.05) is 23.7 Å². The Morgan fingerprint density at radius 1 is 1.53 bits per heavy atom. The molecule has 0 radical (unpaired) electrons. The molecule has 3 rings (SSSR count). The summed E-state index contributed by atoms with van der Waals surface area (Å²) in [6.07, 6.45) is 8.28. The minimum absolute atomic E-state index is 0.768. The normalized spacial score (nSPS) is 16.5. The van der Waals surface area contributed by atoms with Crippen LogP contribution in [0.3, 0.4) is 0 Å². The first-order chi connectivity index (χ1) is 9.17. The van der Waals surface area contributed by atoms with Crippen molar-refractivity contribution in [2.75, 3.05) is 6.54 Å². The van der Waals surface area contributed by atoms with Gasteiger partial charge in [-0.2, -0.15) is 0 Å². The van der Waals surface area contributed by atoms with Crippen molar-refractivity contribution in [3.05, 3.63) is 28.0 Å². The van der Waals surface area contributed by atoms with E-state index in [1.807, 2.05) is 0 Å². The molecule has 0 amide bonds. The SMILES string of the molecule is CCC(=Cc1c(C)nc2sc(C)cn12)CNC1CC1. The first kappa shape index (κ1) is 12.9. The first-order valence-electron chi connectivity index (χ1n) is 7.05. The van der Waals surface area contributed by atoms with Crippen LogP contribution in [-0.4, -0.2) is 22.0 Å². The highest BCUT2D eigenvalue weighted by atomic mass is 32.1. The molecule has 4 heteroatoms. The molecule has 1 aliphatic carbocycles. The van der Waals surface area contributed by atoms with Crippen LogP contribution in [0, 0.1) is 13.8 Å². The molecule has 0 atom stereocenters. The molecule has 0 aromatic carbocycles. The highest BCUT2D eigenvalue weighted by molar-refractivity contribution is 7.17. The van der Waals surface area contributed by atoms with E-state index in [-0.39, 0.29) is 0 Å². The molecule has 2 heterocycles. The molecule has 0 unspecified atom stereocenters. The van der Waals surface area contributed by atoms with E-state index in [0.717, 1.165) is 29.7 Å². The van der Waals surface area contributed by atoms with Crippen LogP contribution in [0.2, 0.25) is 0 Å². The number of aromatic nitrogens is 2. The number of aryl methyl sites for hydroxylation is 2. The maximum Gasteiger partial charge on any atom is 0.194 e. The fourth-order valence-electron chi connectivity index (χ4n) is 2.29. The van der Waals surface area contributed by atoms with E-state index in [1.54, 1.807) is 11.3 Å². The summed E-state index contributed by atoms with van der Waals surface area (Å²) in [5, 5.41) is 3.60. The summed E-state index contributed by atoms with van der Waals surface area (Å²) in [4.78, 5) is 7.06. The predicted octanol–water partition coefficient (Wildman–Crippen LogP) is 3.56. The highest BCUT2D eigenvalue weighted by Gasteiger charge is 2.20. The minimum Gasteiger partial charge on any atom is -0.310 e. The Kier molecular flexibility index (Phi) is 3.46. The summed E-state index contributed by atoms with van der Waals surface area (Å²) in [6.45, 7) is 7.48. The van der Waals surface area contributed by atoms with Crippen molar-refractivity contribution in [3.63, 3.8) is 0 Å². The molecule has 1 N–H and O–H groups in total. The molecule has 2 aromatic heterocycles. The van der Waals surface area contributed by atoms with Gasteiger partial charge in [0.2, 0.25) is 0 Å². The number of hydrogen-bond acceptors (Lipinski definition) is 3. The summed E-state index contributed by atoms with van der Waals surface area (Å²) in [7, 11) is 0. The van der Waals surface area contributed by atoms with Crippen molar-refractivity contribution in [3.8, 4) is 0 Å². The molecule has 0 aliphatic heterocycles. The summed E-state index contributed by atoms with van der Waals surface area (Å²) in [6, 6.07) is 0.768. The molecule has 1 saturated carbocycles. The third-order valence-corrected chi connectivity index (χ3v) is 4.55. The molecule has 1 aliphatic rings. The van der Waals surface area contributed by atoms with Gasteiger partial charge >= 0.3 is 0 Å². The van der Waals surface area contributed by atoms with Crippen LogP contribution in [0.5, 0.6) is 0 Å². The Morgan fingerprint density at radius 3 is 3.00 bits per heavy atom. The van der Waals surface area contributed by atoms with Crippen LogP contribution < -0.4 is 5.32 Å². The monoisotopic (exact) mass is 275 g/mol. The van der Waals surface area contributed by atoms with Gasteiger partial charge in [-0.1, -0.05) is 12.5 Å². The lowest BCUT2D eigenvalue weighted by Crippen LogP contribution is -2.19. The largest absolute Gasteiger partial charge is 0.310 e. The third-order valence-electron chi connectivity index (χ3n) is 3.65. The molecule has 0 saturated heterocycles. The van der Waals surface area contributed by atoms with E-state index in [1.165, 1.54) is 29.0 Å². The van der Waals surface area contributed by atoms with Gasteiger partial charge < -0.3 is 5.32 Å². The number of rotatable bonds is 5. The molecular weight excluding hydrogens is 254 g/mol. The van der Waals surface area contributed by atoms with Crippen molar-refractivity contribution in [2.45, 2.75) is 46.1 Å². The fourth-order valence-corrected chi connectivity index (χ4v) is 3.17. The number of imidazole rings is 1. The van der Waals surface area contributed by atoms with Gasteiger partial charge in [0.05, 0.1) is 11.4 Å². The number of thiazole rings is 1. The zero-order valence-corrected chi connectivity index (χ0v) is 12.7. The van der Waals surface area contributed by atoms with Crippen LogP contribution in [0.1, 0.15) is 42.5 Å².